The Balaban J connectivity index is 2.08. The van der Waals surface area contributed by atoms with Gasteiger partial charge in [-0.15, -0.1) is 0 Å². The number of aliphatic hydroxyl groups is 2. The molecule has 1 heterocycles. The minimum atomic E-state index is -1.18. The highest BCUT2D eigenvalue weighted by Crippen LogP contribution is 2.25. The van der Waals surface area contributed by atoms with Gasteiger partial charge in [0.2, 0.25) is 0 Å². The number of amides is 1. The van der Waals surface area contributed by atoms with Crippen molar-refractivity contribution in [3.63, 3.8) is 0 Å². The number of hydrogen-bond acceptors (Lipinski definition) is 5. The van der Waals surface area contributed by atoms with Crippen molar-refractivity contribution >= 4 is 5.91 Å². The summed E-state index contributed by atoms with van der Waals surface area (Å²) in [4.78, 5) is 14.1. The zero-order valence-electron chi connectivity index (χ0n) is 12.9. The molecular weight excluding hydrogens is 284 g/mol. The first-order chi connectivity index (χ1) is 10.5. The van der Waals surface area contributed by atoms with Gasteiger partial charge in [0, 0.05) is 12.1 Å². The second kappa shape index (κ2) is 7.09. The van der Waals surface area contributed by atoms with E-state index >= 15 is 0 Å². The molecular formula is C16H24N2O4. The molecule has 0 radical (unpaired) electrons. The van der Waals surface area contributed by atoms with Crippen molar-refractivity contribution in [3.05, 3.63) is 29.3 Å². The van der Waals surface area contributed by atoms with Crippen LogP contribution in [0.3, 0.4) is 0 Å². The average Bonchev–Trinajstić information content (AvgIpc) is 2.92. The number of nitrogens with zero attached hydrogens (tertiary/aromatic N) is 1. The third-order valence-electron chi connectivity index (χ3n) is 3.95. The van der Waals surface area contributed by atoms with E-state index in [9.17, 15) is 15.0 Å². The molecule has 1 saturated heterocycles. The molecule has 1 fully saturated rings. The maximum atomic E-state index is 12.5. The van der Waals surface area contributed by atoms with E-state index < -0.39 is 5.60 Å². The van der Waals surface area contributed by atoms with E-state index in [0.29, 0.717) is 37.4 Å². The van der Waals surface area contributed by atoms with Gasteiger partial charge in [0.1, 0.15) is 11.4 Å². The Morgan fingerprint density at radius 2 is 2.27 bits per heavy atom. The highest BCUT2D eigenvalue weighted by molar-refractivity contribution is 5.95. The molecule has 0 saturated carbocycles. The number of nitrogens with two attached hydrogens (primary N) is 1. The number of aryl methyl sites for hydroxylation is 1. The predicted molar refractivity (Wildman–Crippen MR) is 82.9 cm³/mol. The predicted octanol–water partition coefficient (Wildman–Crippen LogP) is 0.292. The van der Waals surface area contributed by atoms with Crippen LogP contribution in [-0.4, -0.2) is 59.5 Å². The second-order valence-electron chi connectivity index (χ2n) is 5.83. The summed E-state index contributed by atoms with van der Waals surface area (Å²) in [6.45, 7) is 3.26. The van der Waals surface area contributed by atoms with Gasteiger partial charge in [-0.1, -0.05) is 6.07 Å². The number of benzene rings is 1. The van der Waals surface area contributed by atoms with Gasteiger partial charge < -0.3 is 25.6 Å². The van der Waals surface area contributed by atoms with Gasteiger partial charge in [0.05, 0.1) is 19.8 Å². The van der Waals surface area contributed by atoms with Crippen molar-refractivity contribution in [3.8, 4) is 5.75 Å². The van der Waals surface area contributed by atoms with Crippen LogP contribution in [0.25, 0.3) is 0 Å². The monoisotopic (exact) mass is 308 g/mol. The number of β-amino-alcohol motifs (C(OH)–C–C–N with tert-alkyl or cyclic N) is 1. The van der Waals surface area contributed by atoms with Gasteiger partial charge in [0.15, 0.2) is 0 Å². The Labute approximate surface area is 130 Å². The van der Waals surface area contributed by atoms with Crippen LogP contribution >= 0.6 is 0 Å². The molecule has 1 aromatic rings. The zero-order valence-corrected chi connectivity index (χ0v) is 12.9. The second-order valence-corrected chi connectivity index (χ2v) is 5.83. The van der Waals surface area contributed by atoms with Crippen LogP contribution in [0.1, 0.15) is 28.8 Å². The van der Waals surface area contributed by atoms with Crippen LogP contribution in [0.4, 0.5) is 0 Å². The molecule has 1 aromatic carbocycles. The molecule has 1 atom stereocenters. The van der Waals surface area contributed by atoms with Crippen molar-refractivity contribution < 1.29 is 19.7 Å². The van der Waals surface area contributed by atoms with E-state index in [2.05, 4.69) is 0 Å². The largest absolute Gasteiger partial charge is 0.493 e. The Hall–Kier alpha value is -1.63. The third-order valence-corrected chi connectivity index (χ3v) is 3.95. The summed E-state index contributed by atoms with van der Waals surface area (Å²) in [7, 11) is 0. The van der Waals surface area contributed by atoms with E-state index in [1.807, 2.05) is 13.0 Å². The van der Waals surface area contributed by atoms with Gasteiger partial charge in [-0.3, -0.25) is 4.79 Å². The lowest BCUT2D eigenvalue weighted by Crippen LogP contribution is -2.38. The summed E-state index contributed by atoms with van der Waals surface area (Å²) in [5, 5.41) is 19.2. The first-order valence-electron chi connectivity index (χ1n) is 7.55. The molecule has 2 rings (SSSR count). The van der Waals surface area contributed by atoms with Gasteiger partial charge in [-0.05, 0) is 44.0 Å². The quantitative estimate of drug-likeness (QED) is 0.657. The number of ether oxygens (including phenoxy) is 1. The lowest BCUT2D eigenvalue weighted by atomic mass is 10.1. The molecule has 0 spiro atoms. The molecule has 1 amide bonds. The van der Waals surface area contributed by atoms with Crippen molar-refractivity contribution in [2.75, 3.05) is 32.8 Å². The highest BCUT2D eigenvalue weighted by Gasteiger charge is 2.37. The normalized spacial score (nSPS) is 21.2. The lowest BCUT2D eigenvalue weighted by Gasteiger charge is -2.21. The van der Waals surface area contributed by atoms with E-state index in [0.717, 1.165) is 12.0 Å². The number of rotatable bonds is 6. The van der Waals surface area contributed by atoms with Crippen molar-refractivity contribution in [1.82, 2.24) is 4.90 Å². The maximum Gasteiger partial charge on any atom is 0.254 e. The molecule has 6 nitrogen and oxygen atoms in total. The van der Waals surface area contributed by atoms with E-state index in [4.69, 9.17) is 10.5 Å². The number of likely N-dealkylation sites (tertiary alicyclic amines) is 1. The van der Waals surface area contributed by atoms with Gasteiger partial charge in [-0.25, -0.2) is 0 Å². The highest BCUT2D eigenvalue weighted by atomic mass is 16.5. The summed E-state index contributed by atoms with van der Waals surface area (Å²) >= 11 is 0. The number of carbonyl (C=O) groups excluding carboxylic acids is 1. The lowest BCUT2D eigenvalue weighted by molar-refractivity contribution is -0.00455. The standard InChI is InChI=1S/C16H24N2O4/c1-12-3-4-13(9-14(12)22-8-2-6-17)15(20)18-7-5-16(21,10-18)11-19/h3-4,9,19,21H,2,5-8,10-11,17H2,1H3. The van der Waals surface area contributed by atoms with Crippen LogP contribution in [0.2, 0.25) is 0 Å². The molecule has 0 aromatic heterocycles. The van der Waals surface area contributed by atoms with Gasteiger partial charge >= 0.3 is 0 Å². The van der Waals surface area contributed by atoms with Crippen LogP contribution in [0.5, 0.6) is 5.75 Å². The summed E-state index contributed by atoms with van der Waals surface area (Å²) in [5.74, 6) is 0.518. The van der Waals surface area contributed by atoms with E-state index in [1.54, 1.807) is 17.0 Å². The molecule has 1 unspecified atom stereocenters. The Kier molecular flexibility index (Phi) is 5.39. The third kappa shape index (κ3) is 3.76. The van der Waals surface area contributed by atoms with Gasteiger partial charge in [0.25, 0.3) is 5.91 Å². The minimum absolute atomic E-state index is 0.152. The number of carbonyl (C=O) groups is 1. The minimum Gasteiger partial charge on any atom is -0.493 e. The Bertz CT molecular complexity index is 535. The smallest absolute Gasteiger partial charge is 0.254 e. The summed E-state index contributed by atoms with van der Waals surface area (Å²) < 4.78 is 5.65. The molecule has 0 aliphatic carbocycles. The van der Waals surface area contributed by atoms with E-state index in [1.165, 1.54) is 0 Å². The summed E-state index contributed by atoms with van der Waals surface area (Å²) in [5.41, 5.74) is 5.75. The fourth-order valence-corrected chi connectivity index (χ4v) is 2.50. The molecule has 6 heteroatoms. The first kappa shape index (κ1) is 16.7. The molecule has 1 aliphatic heterocycles. The van der Waals surface area contributed by atoms with Crippen LogP contribution in [-0.2, 0) is 0 Å². The fourth-order valence-electron chi connectivity index (χ4n) is 2.50. The molecule has 4 N–H and O–H groups in total. The van der Waals surface area contributed by atoms with Gasteiger partial charge in [-0.2, -0.15) is 0 Å². The zero-order chi connectivity index (χ0) is 16.2. The van der Waals surface area contributed by atoms with Crippen molar-refractivity contribution in [2.45, 2.75) is 25.4 Å². The van der Waals surface area contributed by atoms with Crippen molar-refractivity contribution in [1.29, 1.82) is 0 Å². The number of hydrogen-bond donors (Lipinski definition) is 3. The van der Waals surface area contributed by atoms with E-state index in [-0.39, 0.29) is 19.1 Å². The number of aliphatic hydroxyl groups excluding tert-OH is 1. The molecule has 0 bridgehead atoms. The van der Waals surface area contributed by atoms with Crippen molar-refractivity contribution in [2.24, 2.45) is 5.73 Å². The fraction of sp³-hybridized carbons (Fsp3) is 0.562. The topological polar surface area (TPSA) is 96.0 Å². The first-order valence-corrected chi connectivity index (χ1v) is 7.55. The van der Waals surface area contributed by atoms with Crippen LogP contribution in [0, 0.1) is 6.92 Å². The van der Waals surface area contributed by atoms with Crippen LogP contribution < -0.4 is 10.5 Å². The Morgan fingerprint density at radius 3 is 2.91 bits per heavy atom. The Morgan fingerprint density at radius 1 is 1.50 bits per heavy atom. The average molecular weight is 308 g/mol. The van der Waals surface area contributed by atoms with Crippen LogP contribution in [0.15, 0.2) is 18.2 Å². The molecule has 22 heavy (non-hydrogen) atoms. The SMILES string of the molecule is Cc1ccc(C(=O)N2CCC(O)(CO)C2)cc1OCCCN. The molecule has 1 aliphatic rings. The summed E-state index contributed by atoms with van der Waals surface area (Å²) in [6, 6.07) is 5.33. The maximum absolute atomic E-state index is 12.5. The molecule has 122 valence electrons. The summed E-state index contributed by atoms with van der Waals surface area (Å²) in [6.07, 6.45) is 1.15.